The third-order valence-corrected chi connectivity index (χ3v) is 2.97. The minimum atomic E-state index is -1.32. The summed E-state index contributed by atoms with van der Waals surface area (Å²) in [6.45, 7) is 6.77. The van der Waals surface area contributed by atoms with Gasteiger partial charge < -0.3 is 4.43 Å². The lowest BCUT2D eigenvalue weighted by molar-refractivity contribution is 0.230. The van der Waals surface area contributed by atoms with E-state index < -0.39 is 8.32 Å². The lowest BCUT2D eigenvalue weighted by Gasteiger charge is -2.23. The third kappa shape index (κ3) is 4.07. The van der Waals surface area contributed by atoms with Crippen LogP contribution in [0.2, 0.25) is 19.6 Å². The molecule has 12 heavy (non-hydrogen) atoms. The average molecular weight is 184 g/mol. The molecular weight excluding hydrogens is 164 g/mol. The average Bonchev–Trinajstić information content (AvgIpc) is 2.12. The molecule has 0 fully saturated rings. The Morgan fingerprint density at radius 1 is 1.25 bits per heavy atom. The fraction of sp³-hybridized carbons (Fsp3) is 0.800. The quantitative estimate of drug-likeness (QED) is 0.472. The van der Waals surface area contributed by atoms with Crippen molar-refractivity contribution < 1.29 is 4.43 Å². The van der Waals surface area contributed by atoms with Gasteiger partial charge >= 0.3 is 0 Å². The Hall–Kier alpha value is -0.0831. The van der Waals surface area contributed by atoms with Gasteiger partial charge in [0.15, 0.2) is 8.32 Å². The van der Waals surface area contributed by atoms with Crippen molar-refractivity contribution in [2.45, 2.75) is 51.4 Å². The van der Waals surface area contributed by atoms with E-state index >= 15 is 0 Å². The zero-order valence-corrected chi connectivity index (χ0v) is 9.47. The van der Waals surface area contributed by atoms with Gasteiger partial charge in [-0.25, -0.2) is 0 Å². The van der Waals surface area contributed by atoms with Gasteiger partial charge in [-0.3, -0.25) is 0 Å². The smallest absolute Gasteiger partial charge is 0.184 e. The first-order valence-corrected chi connectivity index (χ1v) is 8.33. The molecule has 1 rings (SSSR count). The molecule has 0 heterocycles. The predicted molar refractivity (Wildman–Crippen MR) is 55.8 cm³/mol. The van der Waals surface area contributed by atoms with Crippen molar-refractivity contribution in [3.8, 4) is 0 Å². The molecule has 0 bridgehead atoms. The molecule has 0 aromatic heterocycles. The van der Waals surface area contributed by atoms with Crippen LogP contribution in [-0.4, -0.2) is 14.4 Å². The van der Waals surface area contributed by atoms with Crippen molar-refractivity contribution in [1.29, 1.82) is 0 Å². The van der Waals surface area contributed by atoms with Gasteiger partial charge in [-0.05, 0) is 38.9 Å². The molecule has 1 aliphatic rings. The summed E-state index contributed by atoms with van der Waals surface area (Å²) < 4.78 is 6.01. The molecule has 70 valence electrons. The highest BCUT2D eigenvalue weighted by atomic mass is 28.4. The molecule has 0 aromatic rings. The second kappa shape index (κ2) is 4.24. The first-order valence-electron chi connectivity index (χ1n) is 4.92. The van der Waals surface area contributed by atoms with Crippen LogP contribution in [-0.2, 0) is 4.43 Å². The van der Waals surface area contributed by atoms with E-state index in [0.717, 1.165) is 0 Å². The predicted octanol–water partition coefficient (Wildman–Crippen LogP) is 3.34. The molecule has 0 N–H and O–H groups in total. The first-order chi connectivity index (χ1) is 5.58. The molecule has 1 nitrogen and oxygen atoms in total. The maximum atomic E-state index is 6.01. The van der Waals surface area contributed by atoms with Gasteiger partial charge in [-0.1, -0.05) is 18.6 Å². The van der Waals surface area contributed by atoms with Gasteiger partial charge in [0.05, 0.1) is 6.10 Å². The van der Waals surface area contributed by atoms with Gasteiger partial charge in [0.25, 0.3) is 0 Å². The van der Waals surface area contributed by atoms with E-state index in [9.17, 15) is 0 Å². The minimum Gasteiger partial charge on any atom is -0.411 e. The molecule has 0 saturated carbocycles. The van der Waals surface area contributed by atoms with Crippen molar-refractivity contribution >= 4 is 8.32 Å². The van der Waals surface area contributed by atoms with Crippen molar-refractivity contribution in [2.24, 2.45) is 0 Å². The van der Waals surface area contributed by atoms with E-state index in [-0.39, 0.29) is 0 Å². The minimum absolute atomic E-state index is 0.416. The summed E-state index contributed by atoms with van der Waals surface area (Å²) in [5, 5.41) is 0. The van der Waals surface area contributed by atoms with Crippen molar-refractivity contribution in [2.75, 3.05) is 0 Å². The molecule has 1 unspecified atom stereocenters. The van der Waals surface area contributed by atoms with Crippen molar-refractivity contribution in [3.05, 3.63) is 12.2 Å². The summed E-state index contributed by atoms with van der Waals surface area (Å²) in [6, 6.07) is 0. The Kier molecular flexibility index (Phi) is 3.53. The maximum absolute atomic E-state index is 6.01. The molecule has 0 aromatic carbocycles. The number of allylic oxidation sites excluding steroid dienone is 1. The van der Waals surface area contributed by atoms with Crippen molar-refractivity contribution in [1.82, 2.24) is 0 Å². The molecule has 0 amide bonds. The fourth-order valence-corrected chi connectivity index (χ4v) is 2.61. The van der Waals surface area contributed by atoms with E-state index in [0.29, 0.717) is 6.10 Å². The van der Waals surface area contributed by atoms with Crippen LogP contribution in [0.3, 0.4) is 0 Å². The van der Waals surface area contributed by atoms with Crippen LogP contribution in [0.1, 0.15) is 25.7 Å². The topological polar surface area (TPSA) is 9.23 Å². The second-order valence-electron chi connectivity index (χ2n) is 4.48. The van der Waals surface area contributed by atoms with Gasteiger partial charge in [0.2, 0.25) is 0 Å². The highest BCUT2D eigenvalue weighted by Crippen LogP contribution is 2.17. The Bertz CT molecular complexity index is 158. The molecule has 1 aliphatic carbocycles. The zero-order valence-electron chi connectivity index (χ0n) is 8.47. The molecular formula is C10H20OSi. The van der Waals surface area contributed by atoms with Crippen LogP contribution in [0, 0.1) is 0 Å². The first kappa shape index (κ1) is 10.0. The lowest BCUT2D eigenvalue weighted by Crippen LogP contribution is -2.30. The van der Waals surface area contributed by atoms with Gasteiger partial charge in [0, 0.05) is 0 Å². The summed E-state index contributed by atoms with van der Waals surface area (Å²) in [4.78, 5) is 0. The molecule has 0 radical (unpaired) electrons. The highest BCUT2D eigenvalue weighted by Gasteiger charge is 2.19. The van der Waals surface area contributed by atoms with Crippen LogP contribution >= 0.6 is 0 Å². The SMILES string of the molecule is C[Si](C)(C)OC1C=CCCCC1. The summed E-state index contributed by atoms with van der Waals surface area (Å²) in [6.07, 6.45) is 10.1. The van der Waals surface area contributed by atoms with E-state index in [4.69, 9.17) is 4.43 Å². The number of hydrogen-bond acceptors (Lipinski definition) is 1. The third-order valence-electron chi connectivity index (χ3n) is 1.97. The van der Waals surface area contributed by atoms with Gasteiger partial charge in [0.1, 0.15) is 0 Å². The fourth-order valence-electron chi connectivity index (χ4n) is 1.50. The lowest BCUT2D eigenvalue weighted by atomic mass is 10.2. The molecule has 2 heteroatoms. The second-order valence-corrected chi connectivity index (χ2v) is 8.94. The molecule has 0 saturated heterocycles. The normalized spacial score (nSPS) is 25.4. The highest BCUT2D eigenvalue weighted by molar-refractivity contribution is 6.69. The van der Waals surface area contributed by atoms with Crippen molar-refractivity contribution in [3.63, 3.8) is 0 Å². The summed E-state index contributed by atoms with van der Waals surface area (Å²) in [5.74, 6) is 0. The molecule has 0 aliphatic heterocycles. The van der Waals surface area contributed by atoms with E-state index in [1.54, 1.807) is 0 Å². The summed E-state index contributed by atoms with van der Waals surface area (Å²) in [5.41, 5.74) is 0. The van der Waals surface area contributed by atoms with E-state index in [2.05, 4.69) is 31.8 Å². The van der Waals surface area contributed by atoms with Gasteiger partial charge in [-0.2, -0.15) is 0 Å². The maximum Gasteiger partial charge on any atom is 0.184 e. The number of hydrogen-bond donors (Lipinski definition) is 0. The van der Waals surface area contributed by atoms with Crippen LogP contribution in [0.4, 0.5) is 0 Å². The zero-order chi connectivity index (χ0) is 9.03. The standard InChI is InChI=1S/C10H20OSi/c1-12(2,3)11-10-8-6-4-5-7-9-10/h6,8,10H,4-5,7,9H2,1-3H3. The Labute approximate surface area is 76.9 Å². The van der Waals surface area contributed by atoms with Crippen LogP contribution < -0.4 is 0 Å². The molecule has 0 spiro atoms. The summed E-state index contributed by atoms with van der Waals surface area (Å²) in [7, 11) is -1.32. The van der Waals surface area contributed by atoms with E-state index in [1.165, 1.54) is 25.7 Å². The largest absolute Gasteiger partial charge is 0.411 e. The Balaban J connectivity index is 2.39. The van der Waals surface area contributed by atoms with Crippen LogP contribution in [0.25, 0.3) is 0 Å². The van der Waals surface area contributed by atoms with Crippen LogP contribution in [0.15, 0.2) is 12.2 Å². The van der Waals surface area contributed by atoms with E-state index in [1.807, 2.05) is 0 Å². The molecule has 1 atom stereocenters. The van der Waals surface area contributed by atoms with Crippen LogP contribution in [0.5, 0.6) is 0 Å². The number of rotatable bonds is 2. The monoisotopic (exact) mass is 184 g/mol. The van der Waals surface area contributed by atoms with Gasteiger partial charge in [-0.15, -0.1) is 0 Å². The summed E-state index contributed by atoms with van der Waals surface area (Å²) >= 11 is 0. The Morgan fingerprint density at radius 2 is 2.00 bits per heavy atom. The Morgan fingerprint density at radius 3 is 2.67 bits per heavy atom.